The molecule has 3 N–H and O–H groups in total. The molecule has 0 spiro atoms. The van der Waals surface area contributed by atoms with Crippen molar-refractivity contribution in [3.63, 3.8) is 0 Å². The highest BCUT2D eigenvalue weighted by molar-refractivity contribution is 14.1. The average molecular weight is 371 g/mol. The van der Waals surface area contributed by atoms with Crippen LogP contribution in [0.4, 0.5) is 5.69 Å². The van der Waals surface area contributed by atoms with Gasteiger partial charge in [0.1, 0.15) is 0 Å². The van der Waals surface area contributed by atoms with E-state index in [2.05, 4.69) is 5.32 Å². The molecular weight excluding hydrogens is 357 g/mol. The lowest BCUT2D eigenvalue weighted by Gasteiger charge is -2.17. The Hall–Kier alpha value is -1.49. The SMILES string of the molecule is CC(Oc1c(N)cc(C#N)cc1I)C(=O)NC1CC1. The van der Waals surface area contributed by atoms with Gasteiger partial charge in [0.25, 0.3) is 5.91 Å². The van der Waals surface area contributed by atoms with E-state index in [4.69, 9.17) is 15.7 Å². The number of carbonyl (C=O) groups excluding carboxylic acids is 1. The van der Waals surface area contributed by atoms with Crippen molar-refractivity contribution in [2.45, 2.75) is 31.9 Å². The third-order valence-electron chi connectivity index (χ3n) is 2.79. The van der Waals surface area contributed by atoms with Crippen molar-refractivity contribution in [1.29, 1.82) is 5.26 Å². The van der Waals surface area contributed by atoms with E-state index in [9.17, 15) is 4.79 Å². The third-order valence-corrected chi connectivity index (χ3v) is 3.59. The second-order valence-corrected chi connectivity index (χ2v) is 5.69. The summed E-state index contributed by atoms with van der Waals surface area (Å²) >= 11 is 2.04. The zero-order valence-corrected chi connectivity index (χ0v) is 12.6. The molecule has 0 aliphatic heterocycles. The van der Waals surface area contributed by atoms with E-state index in [-0.39, 0.29) is 5.91 Å². The number of nitrogen functional groups attached to an aromatic ring is 1. The van der Waals surface area contributed by atoms with Crippen LogP contribution in [0, 0.1) is 14.9 Å². The second-order valence-electron chi connectivity index (χ2n) is 4.53. The van der Waals surface area contributed by atoms with E-state index in [0.29, 0.717) is 23.0 Å². The molecule has 0 aromatic heterocycles. The molecule has 0 heterocycles. The highest BCUT2D eigenvalue weighted by Gasteiger charge is 2.27. The maximum atomic E-state index is 11.8. The fraction of sp³-hybridized carbons (Fsp3) is 0.385. The fourth-order valence-electron chi connectivity index (χ4n) is 1.58. The summed E-state index contributed by atoms with van der Waals surface area (Å²) in [5.74, 6) is 0.320. The van der Waals surface area contributed by atoms with Gasteiger partial charge in [0.15, 0.2) is 11.9 Å². The van der Waals surface area contributed by atoms with Crippen molar-refractivity contribution < 1.29 is 9.53 Å². The highest BCUT2D eigenvalue weighted by atomic mass is 127. The van der Waals surface area contributed by atoms with E-state index >= 15 is 0 Å². The topological polar surface area (TPSA) is 88.1 Å². The first-order valence-corrected chi connectivity index (χ1v) is 7.05. The van der Waals surface area contributed by atoms with Crippen LogP contribution in [-0.4, -0.2) is 18.1 Å². The van der Waals surface area contributed by atoms with Crippen LogP contribution >= 0.6 is 22.6 Å². The summed E-state index contributed by atoms with van der Waals surface area (Å²) in [5.41, 5.74) is 6.69. The van der Waals surface area contributed by atoms with Gasteiger partial charge >= 0.3 is 0 Å². The van der Waals surface area contributed by atoms with Gasteiger partial charge in [-0.15, -0.1) is 0 Å². The van der Waals surface area contributed by atoms with Gasteiger partial charge in [0, 0.05) is 6.04 Å². The van der Waals surface area contributed by atoms with Crippen molar-refractivity contribution in [3.8, 4) is 11.8 Å². The number of nitriles is 1. The van der Waals surface area contributed by atoms with E-state index in [0.717, 1.165) is 16.4 Å². The van der Waals surface area contributed by atoms with Gasteiger partial charge in [-0.2, -0.15) is 5.26 Å². The van der Waals surface area contributed by atoms with Crippen molar-refractivity contribution in [2.75, 3.05) is 5.73 Å². The minimum atomic E-state index is -0.607. The first kappa shape index (κ1) is 13.9. The summed E-state index contributed by atoms with van der Waals surface area (Å²) in [4.78, 5) is 11.8. The number of nitrogens with two attached hydrogens (primary N) is 1. The Morgan fingerprint density at radius 3 is 2.84 bits per heavy atom. The predicted molar refractivity (Wildman–Crippen MR) is 79.5 cm³/mol. The van der Waals surface area contributed by atoms with Crippen LogP contribution in [0.1, 0.15) is 25.3 Å². The lowest BCUT2D eigenvalue weighted by molar-refractivity contribution is -0.127. The molecule has 1 aliphatic carbocycles. The van der Waals surface area contributed by atoms with Gasteiger partial charge in [-0.1, -0.05) is 0 Å². The number of hydrogen-bond donors (Lipinski definition) is 2. The molecular formula is C13H14IN3O2. The maximum absolute atomic E-state index is 11.8. The molecule has 5 nitrogen and oxygen atoms in total. The van der Waals surface area contributed by atoms with Gasteiger partial charge < -0.3 is 15.8 Å². The predicted octanol–water partition coefficient (Wildman–Crippen LogP) is 1.79. The second kappa shape index (κ2) is 5.65. The first-order chi connectivity index (χ1) is 9.01. The normalized spacial score (nSPS) is 15.4. The smallest absolute Gasteiger partial charge is 0.260 e. The Balaban J connectivity index is 2.09. The van der Waals surface area contributed by atoms with E-state index in [1.54, 1.807) is 19.1 Å². The summed E-state index contributed by atoms with van der Waals surface area (Å²) < 4.78 is 6.33. The quantitative estimate of drug-likeness (QED) is 0.624. The van der Waals surface area contributed by atoms with E-state index < -0.39 is 6.10 Å². The Labute approximate surface area is 125 Å². The van der Waals surface area contributed by atoms with Crippen LogP contribution in [0.3, 0.4) is 0 Å². The Bertz CT molecular complexity index is 526. The number of nitrogens with zero attached hydrogens (tertiary/aromatic N) is 1. The zero-order valence-electron chi connectivity index (χ0n) is 10.4. The van der Waals surface area contributed by atoms with Gasteiger partial charge in [0.05, 0.1) is 20.9 Å². The van der Waals surface area contributed by atoms with Crippen molar-refractivity contribution in [2.24, 2.45) is 0 Å². The number of hydrogen-bond acceptors (Lipinski definition) is 4. The number of halogens is 1. The average Bonchev–Trinajstić information content (AvgIpc) is 3.16. The molecule has 1 atom stereocenters. The molecule has 1 saturated carbocycles. The lowest BCUT2D eigenvalue weighted by Crippen LogP contribution is -2.37. The Morgan fingerprint density at radius 2 is 2.32 bits per heavy atom. The van der Waals surface area contributed by atoms with Crippen LogP contribution in [0.5, 0.6) is 5.75 Å². The molecule has 1 fully saturated rings. The Kier molecular flexibility index (Phi) is 4.14. The van der Waals surface area contributed by atoms with Gasteiger partial charge in [-0.3, -0.25) is 4.79 Å². The molecule has 0 bridgehead atoms. The van der Waals surface area contributed by atoms with Crippen LogP contribution in [0.2, 0.25) is 0 Å². The number of amides is 1. The number of carbonyl (C=O) groups is 1. The summed E-state index contributed by atoms with van der Waals surface area (Å²) in [5, 5.41) is 11.7. The molecule has 1 unspecified atom stereocenters. The van der Waals surface area contributed by atoms with Crippen molar-refractivity contribution in [1.82, 2.24) is 5.32 Å². The summed E-state index contributed by atoms with van der Waals surface area (Å²) in [6, 6.07) is 5.55. The molecule has 1 aromatic rings. The minimum absolute atomic E-state index is 0.137. The van der Waals surface area contributed by atoms with Gasteiger partial charge in [-0.25, -0.2) is 0 Å². The van der Waals surface area contributed by atoms with Crippen molar-refractivity contribution in [3.05, 3.63) is 21.3 Å². The Morgan fingerprint density at radius 1 is 1.63 bits per heavy atom. The molecule has 19 heavy (non-hydrogen) atoms. The lowest BCUT2D eigenvalue weighted by atomic mass is 10.2. The number of anilines is 1. The summed E-state index contributed by atoms with van der Waals surface area (Å²) in [7, 11) is 0. The monoisotopic (exact) mass is 371 g/mol. The van der Waals surface area contributed by atoms with Crippen LogP contribution in [0.25, 0.3) is 0 Å². The largest absolute Gasteiger partial charge is 0.478 e. The van der Waals surface area contributed by atoms with E-state index in [1.807, 2.05) is 28.7 Å². The van der Waals surface area contributed by atoms with Gasteiger partial charge in [-0.05, 0) is 54.5 Å². The molecule has 100 valence electrons. The molecule has 1 amide bonds. The maximum Gasteiger partial charge on any atom is 0.260 e. The van der Waals surface area contributed by atoms with Crippen LogP contribution in [-0.2, 0) is 4.79 Å². The first-order valence-electron chi connectivity index (χ1n) is 5.97. The van der Waals surface area contributed by atoms with E-state index in [1.165, 1.54) is 0 Å². The molecule has 1 aliphatic rings. The standard InChI is InChI=1S/C13H14IN3O2/c1-7(13(18)17-9-2-3-9)19-12-10(14)4-8(6-15)5-11(12)16/h4-5,7,9H,2-3,16H2,1H3,(H,17,18). The van der Waals surface area contributed by atoms with Crippen LogP contribution in [0.15, 0.2) is 12.1 Å². The van der Waals surface area contributed by atoms with Crippen LogP contribution < -0.4 is 15.8 Å². The number of rotatable bonds is 4. The summed E-state index contributed by atoms with van der Waals surface area (Å²) in [6.07, 6.45) is 1.47. The van der Waals surface area contributed by atoms with Gasteiger partial charge in [0.2, 0.25) is 0 Å². The molecule has 0 saturated heterocycles. The third kappa shape index (κ3) is 3.50. The molecule has 2 rings (SSSR count). The molecule has 0 radical (unpaired) electrons. The zero-order chi connectivity index (χ0) is 14.0. The molecule has 1 aromatic carbocycles. The highest BCUT2D eigenvalue weighted by Crippen LogP contribution is 2.30. The molecule has 6 heteroatoms. The van der Waals surface area contributed by atoms with Crippen molar-refractivity contribution >= 4 is 34.2 Å². The summed E-state index contributed by atoms with van der Waals surface area (Å²) in [6.45, 7) is 1.69. The number of nitrogens with one attached hydrogen (secondary N) is 1. The number of benzene rings is 1. The minimum Gasteiger partial charge on any atom is -0.478 e. The fourth-order valence-corrected chi connectivity index (χ4v) is 2.35. The number of ether oxygens (including phenoxy) is 1.